The second-order valence-corrected chi connectivity index (χ2v) is 8.05. The lowest BCUT2D eigenvalue weighted by molar-refractivity contribution is 0.406. The zero-order valence-electron chi connectivity index (χ0n) is 11.2. The fraction of sp³-hybridized carbons (Fsp3) is 0.538. The topological polar surface area (TPSA) is 55.4 Å². The summed E-state index contributed by atoms with van der Waals surface area (Å²) in [7, 11) is -1.27. The van der Waals surface area contributed by atoms with Crippen LogP contribution in [-0.2, 0) is 16.4 Å². The van der Waals surface area contributed by atoms with Crippen LogP contribution < -0.4 is 10.1 Å². The van der Waals surface area contributed by atoms with Gasteiger partial charge in [-0.15, -0.1) is 0 Å². The second-order valence-electron chi connectivity index (χ2n) is 4.98. The fourth-order valence-electron chi connectivity index (χ4n) is 2.42. The number of halogens is 2. The van der Waals surface area contributed by atoms with E-state index in [9.17, 15) is 8.42 Å². The van der Waals surface area contributed by atoms with Crippen molar-refractivity contribution in [2.45, 2.75) is 13.0 Å². The van der Waals surface area contributed by atoms with Gasteiger partial charge in [-0.1, -0.05) is 23.2 Å². The van der Waals surface area contributed by atoms with E-state index in [0.717, 1.165) is 12.0 Å². The number of benzene rings is 1. The highest BCUT2D eigenvalue weighted by Gasteiger charge is 2.27. The van der Waals surface area contributed by atoms with E-state index in [2.05, 4.69) is 5.32 Å². The SMILES string of the molecule is COc1c(Cl)cc(Cl)cc1CNCC1CCS(=O)(=O)C1. The summed E-state index contributed by atoms with van der Waals surface area (Å²) in [6, 6.07) is 3.43. The second kappa shape index (κ2) is 6.52. The molecular weight excluding hydrogens is 321 g/mol. The summed E-state index contributed by atoms with van der Waals surface area (Å²) in [5, 5.41) is 4.27. The van der Waals surface area contributed by atoms with Crippen molar-refractivity contribution in [1.29, 1.82) is 0 Å². The first-order valence-corrected chi connectivity index (χ1v) is 8.92. The molecule has 1 saturated heterocycles. The van der Waals surface area contributed by atoms with Crippen molar-refractivity contribution < 1.29 is 13.2 Å². The third-order valence-corrected chi connectivity index (χ3v) is 5.70. The van der Waals surface area contributed by atoms with Crippen LogP contribution in [0.25, 0.3) is 0 Å². The zero-order valence-corrected chi connectivity index (χ0v) is 13.5. The Morgan fingerprint density at radius 1 is 1.40 bits per heavy atom. The molecule has 2 rings (SSSR count). The van der Waals surface area contributed by atoms with Crippen LogP contribution in [0.5, 0.6) is 5.75 Å². The Bertz CT molecular complexity index is 590. The first-order chi connectivity index (χ1) is 9.41. The van der Waals surface area contributed by atoms with E-state index in [1.54, 1.807) is 19.2 Å². The summed E-state index contributed by atoms with van der Waals surface area (Å²) in [6.45, 7) is 1.20. The van der Waals surface area contributed by atoms with Gasteiger partial charge in [0.1, 0.15) is 5.75 Å². The Labute approximate surface area is 129 Å². The quantitative estimate of drug-likeness (QED) is 0.896. The molecule has 20 heavy (non-hydrogen) atoms. The van der Waals surface area contributed by atoms with Crippen molar-refractivity contribution in [3.8, 4) is 5.75 Å². The largest absolute Gasteiger partial charge is 0.495 e. The third kappa shape index (κ3) is 4.01. The lowest BCUT2D eigenvalue weighted by atomic mass is 10.1. The molecule has 1 atom stereocenters. The van der Waals surface area contributed by atoms with Gasteiger partial charge in [-0.05, 0) is 31.0 Å². The van der Waals surface area contributed by atoms with Gasteiger partial charge >= 0.3 is 0 Å². The zero-order chi connectivity index (χ0) is 14.8. The number of rotatable bonds is 5. The van der Waals surface area contributed by atoms with Gasteiger partial charge in [0, 0.05) is 17.1 Å². The summed E-state index contributed by atoms with van der Waals surface area (Å²) < 4.78 is 28.0. The van der Waals surface area contributed by atoms with Gasteiger partial charge in [0.15, 0.2) is 9.84 Å². The molecule has 0 bridgehead atoms. The molecule has 0 amide bonds. The maximum Gasteiger partial charge on any atom is 0.150 e. The molecule has 0 aromatic heterocycles. The lowest BCUT2D eigenvalue weighted by Gasteiger charge is -2.13. The molecule has 0 radical (unpaired) electrons. The van der Waals surface area contributed by atoms with E-state index in [-0.39, 0.29) is 11.7 Å². The Morgan fingerprint density at radius 3 is 2.75 bits per heavy atom. The first-order valence-electron chi connectivity index (χ1n) is 6.34. The smallest absolute Gasteiger partial charge is 0.150 e. The van der Waals surface area contributed by atoms with Crippen molar-refractivity contribution >= 4 is 33.0 Å². The fourth-order valence-corrected chi connectivity index (χ4v) is 4.89. The van der Waals surface area contributed by atoms with Gasteiger partial charge in [-0.25, -0.2) is 8.42 Å². The van der Waals surface area contributed by atoms with Gasteiger partial charge < -0.3 is 10.1 Å². The van der Waals surface area contributed by atoms with Crippen LogP contribution in [0.4, 0.5) is 0 Å². The number of methoxy groups -OCH3 is 1. The average molecular weight is 338 g/mol. The van der Waals surface area contributed by atoms with Crippen molar-refractivity contribution in [1.82, 2.24) is 5.32 Å². The molecule has 1 heterocycles. The molecule has 0 spiro atoms. The summed E-state index contributed by atoms with van der Waals surface area (Å²) in [5.74, 6) is 1.35. The molecule has 1 aliphatic heterocycles. The summed E-state index contributed by atoms with van der Waals surface area (Å²) in [6.07, 6.45) is 0.725. The molecule has 7 heteroatoms. The minimum Gasteiger partial charge on any atom is -0.495 e. The third-order valence-electron chi connectivity index (χ3n) is 3.36. The molecule has 1 fully saturated rings. The Hall–Kier alpha value is -0.490. The molecule has 1 N–H and O–H groups in total. The van der Waals surface area contributed by atoms with E-state index in [1.807, 2.05) is 0 Å². The van der Waals surface area contributed by atoms with Crippen LogP contribution in [0.2, 0.25) is 10.0 Å². The van der Waals surface area contributed by atoms with Gasteiger partial charge in [-0.2, -0.15) is 0 Å². The molecule has 112 valence electrons. The normalized spacial score (nSPS) is 21.1. The average Bonchev–Trinajstić information content (AvgIpc) is 2.68. The first kappa shape index (κ1) is 15.9. The highest BCUT2D eigenvalue weighted by atomic mass is 35.5. The van der Waals surface area contributed by atoms with Gasteiger partial charge in [0.2, 0.25) is 0 Å². The maximum atomic E-state index is 11.4. The van der Waals surface area contributed by atoms with E-state index < -0.39 is 9.84 Å². The number of hydrogen-bond acceptors (Lipinski definition) is 4. The molecule has 0 aliphatic carbocycles. The van der Waals surface area contributed by atoms with E-state index >= 15 is 0 Å². The maximum absolute atomic E-state index is 11.4. The van der Waals surface area contributed by atoms with Crippen LogP contribution in [0.15, 0.2) is 12.1 Å². The minimum absolute atomic E-state index is 0.181. The van der Waals surface area contributed by atoms with E-state index in [4.69, 9.17) is 27.9 Å². The van der Waals surface area contributed by atoms with Gasteiger partial charge in [0.25, 0.3) is 0 Å². The minimum atomic E-state index is -2.82. The number of ether oxygens (including phenoxy) is 1. The van der Waals surface area contributed by atoms with Crippen molar-refractivity contribution in [3.63, 3.8) is 0 Å². The van der Waals surface area contributed by atoms with E-state index in [0.29, 0.717) is 34.6 Å². The predicted octanol–water partition coefficient (Wildman–Crippen LogP) is 2.53. The van der Waals surface area contributed by atoms with E-state index in [1.165, 1.54) is 0 Å². The lowest BCUT2D eigenvalue weighted by Crippen LogP contribution is -2.23. The highest BCUT2D eigenvalue weighted by Crippen LogP contribution is 2.32. The predicted molar refractivity (Wildman–Crippen MR) is 81.5 cm³/mol. The Balaban J connectivity index is 1.94. The van der Waals surface area contributed by atoms with Crippen LogP contribution in [0.1, 0.15) is 12.0 Å². The monoisotopic (exact) mass is 337 g/mol. The summed E-state index contributed by atoms with van der Waals surface area (Å²) in [4.78, 5) is 0. The number of nitrogens with one attached hydrogen (secondary N) is 1. The van der Waals surface area contributed by atoms with Gasteiger partial charge in [-0.3, -0.25) is 0 Å². The molecule has 1 aliphatic rings. The molecule has 1 aromatic carbocycles. The summed E-state index contributed by atoms with van der Waals surface area (Å²) >= 11 is 12.0. The van der Waals surface area contributed by atoms with Crippen molar-refractivity contribution in [2.24, 2.45) is 5.92 Å². The van der Waals surface area contributed by atoms with Crippen LogP contribution >= 0.6 is 23.2 Å². The molecule has 1 unspecified atom stereocenters. The molecule has 4 nitrogen and oxygen atoms in total. The van der Waals surface area contributed by atoms with Crippen LogP contribution in [0, 0.1) is 5.92 Å². The molecule has 1 aromatic rings. The van der Waals surface area contributed by atoms with Crippen LogP contribution in [-0.4, -0.2) is 33.6 Å². The Kier molecular flexibility index (Phi) is 5.18. The Morgan fingerprint density at radius 2 is 2.15 bits per heavy atom. The number of hydrogen-bond donors (Lipinski definition) is 1. The highest BCUT2D eigenvalue weighted by molar-refractivity contribution is 7.91. The molecule has 0 saturated carbocycles. The summed E-state index contributed by atoms with van der Waals surface area (Å²) in [5.41, 5.74) is 0.867. The van der Waals surface area contributed by atoms with Crippen LogP contribution in [0.3, 0.4) is 0 Å². The molecular formula is C13H17Cl2NO3S. The van der Waals surface area contributed by atoms with Gasteiger partial charge in [0.05, 0.1) is 23.6 Å². The van der Waals surface area contributed by atoms with Crippen molar-refractivity contribution in [3.05, 3.63) is 27.7 Å². The number of sulfone groups is 1. The van der Waals surface area contributed by atoms with Crippen molar-refractivity contribution in [2.75, 3.05) is 25.2 Å². The standard InChI is InChI=1S/C13H17Cl2NO3S/c1-19-13-10(4-11(14)5-12(13)15)7-16-6-9-2-3-20(17,18)8-9/h4-5,9,16H,2-3,6-8H2,1H3.